The topological polar surface area (TPSA) is 26.3 Å². The van der Waals surface area contributed by atoms with Crippen LogP contribution in [0.15, 0.2) is 48.5 Å². The van der Waals surface area contributed by atoms with Crippen LogP contribution in [0.2, 0.25) is 0 Å². The van der Waals surface area contributed by atoms with Gasteiger partial charge in [0.25, 0.3) is 0 Å². The fraction of sp³-hybridized carbons (Fsp3) is 0.133. The highest BCUT2D eigenvalue weighted by Gasteiger charge is 2.06. The summed E-state index contributed by atoms with van der Waals surface area (Å²) in [5.74, 6) is -0.678. The smallest absolute Gasteiger partial charge is 0.338 e. The molecule has 0 spiro atoms. The standard InChI is InChI=1S/C15H13FO2/c1-11-2-6-13(7-3-11)15(17)18-10-12-4-8-14(16)9-5-12/h2-9H,10H2,1H3. The van der Waals surface area contributed by atoms with Gasteiger partial charge in [-0.3, -0.25) is 0 Å². The van der Waals surface area contributed by atoms with Gasteiger partial charge in [-0.05, 0) is 36.8 Å². The second-order valence-electron chi connectivity index (χ2n) is 4.07. The van der Waals surface area contributed by atoms with Crippen molar-refractivity contribution in [1.29, 1.82) is 0 Å². The molecule has 0 saturated carbocycles. The third-order valence-corrected chi connectivity index (χ3v) is 2.57. The lowest BCUT2D eigenvalue weighted by molar-refractivity contribution is 0.0472. The van der Waals surface area contributed by atoms with Crippen molar-refractivity contribution in [2.45, 2.75) is 13.5 Å². The Labute approximate surface area is 105 Å². The van der Waals surface area contributed by atoms with E-state index in [4.69, 9.17) is 4.74 Å². The minimum absolute atomic E-state index is 0.146. The van der Waals surface area contributed by atoms with E-state index in [-0.39, 0.29) is 18.4 Å². The van der Waals surface area contributed by atoms with Gasteiger partial charge < -0.3 is 4.74 Å². The molecule has 2 aromatic rings. The van der Waals surface area contributed by atoms with E-state index in [1.54, 1.807) is 24.3 Å². The molecule has 2 rings (SSSR count). The van der Waals surface area contributed by atoms with Crippen molar-refractivity contribution < 1.29 is 13.9 Å². The van der Waals surface area contributed by atoms with Gasteiger partial charge in [0.1, 0.15) is 12.4 Å². The molecule has 0 fully saturated rings. The lowest BCUT2D eigenvalue weighted by Crippen LogP contribution is -2.05. The second-order valence-corrected chi connectivity index (χ2v) is 4.07. The van der Waals surface area contributed by atoms with E-state index in [1.807, 2.05) is 19.1 Å². The van der Waals surface area contributed by atoms with Gasteiger partial charge in [0.2, 0.25) is 0 Å². The first-order valence-electron chi connectivity index (χ1n) is 5.63. The molecule has 18 heavy (non-hydrogen) atoms. The first-order chi connectivity index (χ1) is 8.65. The van der Waals surface area contributed by atoms with Crippen LogP contribution in [0.1, 0.15) is 21.5 Å². The average Bonchev–Trinajstić information content (AvgIpc) is 2.38. The zero-order valence-corrected chi connectivity index (χ0v) is 10.0. The summed E-state index contributed by atoms with van der Waals surface area (Å²) in [5.41, 5.74) is 2.37. The van der Waals surface area contributed by atoms with E-state index in [0.717, 1.165) is 11.1 Å². The van der Waals surface area contributed by atoms with Crippen LogP contribution < -0.4 is 0 Å². The van der Waals surface area contributed by atoms with Crippen LogP contribution in [0.25, 0.3) is 0 Å². The van der Waals surface area contributed by atoms with E-state index in [9.17, 15) is 9.18 Å². The van der Waals surface area contributed by atoms with Crippen LogP contribution in [0, 0.1) is 12.7 Å². The normalized spacial score (nSPS) is 10.1. The van der Waals surface area contributed by atoms with Crippen molar-refractivity contribution in [3.63, 3.8) is 0 Å². The van der Waals surface area contributed by atoms with E-state index in [1.165, 1.54) is 12.1 Å². The number of aryl methyl sites for hydroxylation is 1. The second kappa shape index (κ2) is 5.45. The maximum absolute atomic E-state index is 12.7. The Morgan fingerprint density at radius 3 is 2.28 bits per heavy atom. The third-order valence-electron chi connectivity index (χ3n) is 2.57. The highest BCUT2D eigenvalue weighted by atomic mass is 19.1. The molecule has 0 aliphatic carbocycles. The number of rotatable bonds is 3. The first-order valence-corrected chi connectivity index (χ1v) is 5.63. The van der Waals surface area contributed by atoms with Gasteiger partial charge >= 0.3 is 5.97 Å². The summed E-state index contributed by atoms with van der Waals surface area (Å²) < 4.78 is 17.8. The van der Waals surface area contributed by atoms with Gasteiger partial charge in [0.05, 0.1) is 5.56 Å². The molecule has 2 aromatic carbocycles. The van der Waals surface area contributed by atoms with Gasteiger partial charge in [0.15, 0.2) is 0 Å². The predicted molar refractivity (Wildman–Crippen MR) is 66.7 cm³/mol. The monoisotopic (exact) mass is 244 g/mol. The Hall–Kier alpha value is -2.16. The highest BCUT2D eigenvalue weighted by Crippen LogP contribution is 2.08. The molecule has 0 saturated heterocycles. The van der Waals surface area contributed by atoms with Gasteiger partial charge in [-0.2, -0.15) is 0 Å². The maximum Gasteiger partial charge on any atom is 0.338 e. The van der Waals surface area contributed by atoms with E-state index < -0.39 is 0 Å². The van der Waals surface area contributed by atoms with Gasteiger partial charge in [-0.25, -0.2) is 9.18 Å². The summed E-state index contributed by atoms with van der Waals surface area (Å²) in [4.78, 5) is 11.7. The van der Waals surface area contributed by atoms with E-state index in [2.05, 4.69) is 0 Å². The summed E-state index contributed by atoms with van der Waals surface area (Å²) in [6.07, 6.45) is 0. The molecule has 92 valence electrons. The third kappa shape index (κ3) is 3.17. The van der Waals surface area contributed by atoms with E-state index in [0.29, 0.717) is 5.56 Å². The SMILES string of the molecule is Cc1ccc(C(=O)OCc2ccc(F)cc2)cc1. The Balaban J connectivity index is 1.96. The van der Waals surface area contributed by atoms with Gasteiger partial charge in [0, 0.05) is 0 Å². The van der Waals surface area contributed by atoms with Crippen LogP contribution in [0.5, 0.6) is 0 Å². The molecule has 0 unspecified atom stereocenters. The number of benzene rings is 2. The van der Waals surface area contributed by atoms with Gasteiger partial charge in [-0.15, -0.1) is 0 Å². The van der Waals surface area contributed by atoms with Crippen molar-refractivity contribution in [2.75, 3.05) is 0 Å². The fourth-order valence-electron chi connectivity index (χ4n) is 1.50. The van der Waals surface area contributed by atoms with Gasteiger partial charge in [-0.1, -0.05) is 29.8 Å². The Bertz CT molecular complexity index is 529. The largest absolute Gasteiger partial charge is 0.457 e. The number of esters is 1. The number of ether oxygens (including phenoxy) is 1. The maximum atomic E-state index is 12.7. The summed E-state index contributed by atoms with van der Waals surface area (Å²) in [6.45, 7) is 2.10. The zero-order valence-electron chi connectivity index (χ0n) is 10.0. The molecule has 0 radical (unpaired) electrons. The summed E-state index contributed by atoms with van der Waals surface area (Å²) in [5, 5.41) is 0. The summed E-state index contributed by atoms with van der Waals surface area (Å²) in [7, 11) is 0. The van der Waals surface area contributed by atoms with Crippen LogP contribution in [-0.4, -0.2) is 5.97 Å². The van der Waals surface area contributed by atoms with Crippen LogP contribution in [-0.2, 0) is 11.3 Å². The molecular weight excluding hydrogens is 231 g/mol. The molecule has 0 aromatic heterocycles. The van der Waals surface area contributed by atoms with E-state index >= 15 is 0 Å². The minimum Gasteiger partial charge on any atom is -0.457 e. The lowest BCUT2D eigenvalue weighted by atomic mass is 10.1. The average molecular weight is 244 g/mol. The molecule has 2 nitrogen and oxygen atoms in total. The molecular formula is C15H13FO2. The number of hydrogen-bond donors (Lipinski definition) is 0. The minimum atomic E-state index is -0.376. The molecule has 0 amide bonds. The molecule has 0 heterocycles. The Morgan fingerprint density at radius 1 is 1.06 bits per heavy atom. The molecule has 3 heteroatoms. The first kappa shape index (κ1) is 12.3. The lowest BCUT2D eigenvalue weighted by Gasteiger charge is -2.05. The Kier molecular flexibility index (Phi) is 3.72. The summed E-state index contributed by atoms with van der Waals surface area (Å²) in [6, 6.07) is 13.0. The van der Waals surface area contributed by atoms with Crippen LogP contribution in [0.3, 0.4) is 0 Å². The number of hydrogen-bond acceptors (Lipinski definition) is 2. The summed E-state index contributed by atoms with van der Waals surface area (Å²) >= 11 is 0. The van der Waals surface area contributed by atoms with Crippen molar-refractivity contribution in [3.05, 3.63) is 71.0 Å². The molecule has 0 bridgehead atoms. The number of halogens is 1. The molecule has 0 aliphatic rings. The predicted octanol–water partition coefficient (Wildman–Crippen LogP) is 3.49. The molecule has 0 aliphatic heterocycles. The van der Waals surface area contributed by atoms with Crippen LogP contribution in [0.4, 0.5) is 4.39 Å². The molecule has 0 atom stereocenters. The molecule has 0 N–H and O–H groups in total. The fourth-order valence-corrected chi connectivity index (χ4v) is 1.50. The van der Waals surface area contributed by atoms with Crippen molar-refractivity contribution in [1.82, 2.24) is 0 Å². The van der Waals surface area contributed by atoms with Crippen molar-refractivity contribution in [2.24, 2.45) is 0 Å². The number of carbonyl (C=O) groups excluding carboxylic acids is 1. The number of carbonyl (C=O) groups is 1. The van der Waals surface area contributed by atoms with Crippen molar-refractivity contribution >= 4 is 5.97 Å². The Morgan fingerprint density at radius 2 is 1.67 bits per heavy atom. The van der Waals surface area contributed by atoms with Crippen molar-refractivity contribution in [3.8, 4) is 0 Å². The zero-order chi connectivity index (χ0) is 13.0. The van der Waals surface area contributed by atoms with Crippen LogP contribution >= 0.6 is 0 Å². The quantitative estimate of drug-likeness (QED) is 0.772. The highest BCUT2D eigenvalue weighted by molar-refractivity contribution is 5.89.